The standard InChI is InChI=1S/C13H26N2O2S.ClH/c1-3-10(4-2)12(16)8-15-13(17)7-11-9-18-6-5-14-11;/h10-12,14,16H,3-9H2,1-2H3,(H,15,17);1H. The molecule has 0 aromatic carbocycles. The summed E-state index contributed by atoms with van der Waals surface area (Å²) in [5.41, 5.74) is 0. The van der Waals surface area contributed by atoms with Gasteiger partial charge in [-0.1, -0.05) is 26.7 Å². The van der Waals surface area contributed by atoms with E-state index in [-0.39, 0.29) is 30.3 Å². The Morgan fingerprint density at radius 3 is 2.68 bits per heavy atom. The van der Waals surface area contributed by atoms with Gasteiger partial charge in [-0.3, -0.25) is 4.79 Å². The van der Waals surface area contributed by atoms with Crippen LogP contribution in [0.5, 0.6) is 0 Å². The van der Waals surface area contributed by atoms with Crippen LogP contribution in [-0.4, -0.2) is 47.8 Å². The second-order valence-electron chi connectivity index (χ2n) is 4.88. The highest BCUT2D eigenvalue weighted by Gasteiger charge is 2.19. The first-order valence-corrected chi connectivity index (χ1v) is 8.08. The van der Waals surface area contributed by atoms with E-state index in [0.717, 1.165) is 30.9 Å². The second kappa shape index (κ2) is 10.8. The Hall–Kier alpha value is 0.0300. The molecule has 6 heteroatoms. The van der Waals surface area contributed by atoms with Crippen LogP contribution < -0.4 is 10.6 Å². The normalized spacial score (nSPS) is 20.7. The van der Waals surface area contributed by atoms with Gasteiger partial charge in [0.25, 0.3) is 0 Å². The fourth-order valence-corrected chi connectivity index (χ4v) is 3.21. The van der Waals surface area contributed by atoms with Crippen molar-refractivity contribution in [3.05, 3.63) is 0 Å². The summed E-state index contributed by atoms with van der Waals surface area (Å²) in [5, 5.41) is 16.1. The molecule has 4 nitrogen and oxygen atoms in total. The highest BCUT2D eigenvalue weighted by atomic mass is 35.5. The van der Waals surface area contributed by atoms with E-state index < -0.39 is 6.10 Å². The fourth-order valence-electron chi connectivity index (χ4n) is 2.26. The number of halogens is 1. The van der Waals surface area contributed by atoms with Crippen LogP contribution in [0.2, 0.25) is 0 Å². The number of nitrogens with one attached hydrogen (secondary N) is 2. The third kappa shape index (κ3) is 7.40. The first kappa shape index (κ1) is 19.0. The fraction of sp³-hybridized carbons (Fsp3) is 0.923. The largest absolute Gasteiger partial charge is 0.391 e. The van der Waals surface area contributed by atoms with Crippen LogP contribution in [0.25, 0.3) is 0 Å². The van der Waals surface area contributed by atoms with Gasteiger partial charge in [-0.05, 0) is 5.92 Å². The zero-order valence-corrected chi connectivity index (χ0v) is 13.5. The lowest BCUT2D eigenvalue weighted by molar-refractivity contribution is -0.122. The van der Waals surface area contributed by atoms with Crippen molar-refractivity contribution in [1.82, 2.24) is 10.6 Å². The summed E-state index contributed by atoms with van der Waals surface area (Å²) in [4.78, 5) is 11.7. The van der Waals surface area contributed by atoms with E-state index in [1.807, 2.05) is 11.8 Å². The molecule has 19 heavy (non-hydrogen) atoms. The van der Waals surface area contributed by atoms with Crippen molar-refractivity contribution in [2.45, 2.75) is 45.3 Å². The van der Waals surface area contributed by atoms with Gasteiger partial charge >= 0.3 is 0 Å². The monoisotopic (exact) mass is 310 g/mol. The van der Waals surface area contributed by atoms with Crippen LogP contribution in [0.1, 0.15) is 33.1 Å². The second-order valence-corrected chi connectivity index (χ2v) is 6.03. The lowest BCUT2D eigenvalue weighted by Crippen LogP contribution is -2.43. The van der Waals surface area contributed by atoms with Gasteiger partial charge in [0, 0.05) is 37.1 Å². The van der Waals surface area contributed by atoms with E-state index in [1.165, 1.54) is 0 Å². The summed E-state index contributed by atoms with van der Waals surface area (Å²) in [6, 6.07) is 0.286. The van der Waals surface area contributed by atoms with Crippen LogP contribution in [-0.2, 0) is 4.79 Å². The maximum Gasteiger partial charge on any atom is 0.221 e. The van der Waals surface area contributed by atoms with Crippen molar-refractivity contribution in [3.63, 3.8) is 0 Å². The summed E-state index contributed by atoms with van der Waals surface area (Å²) in [6.45, 7) is 5.51. The Morgan fingerprint density at radius 2 is 2.16 bits per heavy atom. The minimum atomic E-state index is -0.419. The number of rotatable bonds is 7. The minimum Gasteiger partial charge on any atom is -0.391 e. The third-order valence-electron chi connectivity index (χ3n) is 3.53. The van der Waals surface area contributed by atoms with Crippen LogP contribution in [0.15, 0.2) is 0 Å². The lowest BCUT2D eigenvalue weighted by Gasteiger charge is -2.24. The molecule has 2 atom stereocenters. The molecule has 0 aliphatic carbocycles. The predicted octanol–water partition coefficient (Wildman–Crippen LogP) is 1.42. The van der Waals surface area contributed by atoms with Crippen molar-refractivity contribution in [3.8, 4) is 0 Å². The van der Waals surface area contributed by atoms with Crippen LogP contribution >= 0.6 is 24.2 Å². The molecule has 1 fully saturated rings. The molecule has 1 heterocycles. The van der Waals surface area contributed by atoms with E-state index in [4.69, 9.17) is 0 Å². The quantitative estimate of drug-likeness (QED) is 0.665. The number of hydrogen-bond donors (Lipinski definition) is 3. The van der Waals surface area contributed by atoms with E-state index in [9.17, 15) is 9.90 Å². The Labute approximate surface area is 126 Å². The molecule has 3 N–H and O–H groups in total. The van der Waals surface area contributed by atoms with Gasteiger partial charge in [-0.2, -0.15) is 11.8 Å². The predicted molar refractivity (Wildman–Crippen MR) is 84.1 cm³/mol. The molecule has 1 aliphatic heterocycles. The molecule has 0 aromatic heterocycles. The minimum absolute atomic E-state index is 0. The van der Waals surface area contributed by atoms with E-state index in [2.05, 4.69) is 24.5 Å². The summed E-state index contributed by atoms with van der Waals surface area (Å²) in [7, 11) is 0. The highest BCUT2D eigenvalue weighted by molar-refractivity contribution is 7.99. The van der Waals surface area contributed by atoms with E-state index >= 15 is 0 Å². The number of amides is 1. The topological polar surface area (TPSA) is 61.4 Å². The lowest BCUT2D eigenvalue weighted by atomic mass is 9.96. The molecule has 0 radical (unpaired) electrons. The van der Waals surface area contributed by atoms with Crippen molar-refractivity contribution < 1.29 is 9.90 Å². The van der Waals surface area contributed by atoms with Gasteiger partial charge in [-0.15, -0.1) is 12.4 Å². The molecule has 1 saturated heterocycles. The first-order valence-electron chi connectivity index (χ1n) is 6.93. The molecule has 1 aliphatic rings. The van der Waals surface area contributed by atoms with Gasteiger partial charge in [0.05, 0.1) is 6.10 Å². The van der Waals surface area contributed by atoms with E-state index in [0.29, 0.717) is 13.0 Å². The molecule has 1 amide bonds. The molecular weight excluding hydrogens is 284 g/mol. The Balaban J connectivity index is 0.00000324. The molecule has 1 rings (SSSR count). The summed E-state index contributed by atoms with van der Waals surface area (Å²) in [6.07, 6.45) is 2.00. The molecule has 0 aromatic rings. The van der Waals surface area contributed by atoms with Crippen molar-refractivity contribution in [1.29, 1.82) is 0 Å². The molecule has 114 valence electrons. The van der Waals surface area contributed by atoms with Crippen molar-refractivity contribution in [2.75, 3.05) is 24.6 Å². The smallest absolute Gasteiger partial charge is 0.221 e. The van der Waals surface area contributed by atoms with Gasteiger partial charge in [0.1, 0.15) is 0 Å². The third-order valence-corrected chi connectivity index (χ3v) is 4.66. The SMILES string of the molecule is CCC(CC)C(O)CNC(=O)CC1CSCCN1.Cl. The van der Waals surface area contributed by atoms with Crippen LogP contribution in [0.3, 0.4) is 0 Å². The number of carbonyl (C=O) groups is 1. The number of carbonyl (C=O) groups excluding carboxylic acids is 1. The highest BCUT2D eigenvalue weighted by Crippen LogP contribution is 2.13. The number of hydrogen-bond acceptors (Lipinski definition) is 4. The first-order chi connectivity index (χ1) is 8.67. The summed E-state index contributed by atoms with van der Waals surface area (Å²) in [5.74, 6) is 2.46. The van der Waals surface area contributed by atoms with Crippen molar-refractivity contribution in [2.24, 2.45) is 5.92 Å². The average Bonchev–Trinajstić information content (AvgIpc) is 2.39. The number of aliphatic hydroxyl groups is 1. The van der Waals surface area contributed by atoms with Gasteiger partial charge in [0.15, 0.2) is 0 Å². The Bertz CT molecular complexity index is 247. The number of thioether (sulfide) groups is 1. The van der Waals surface area contributed by atoms with E-state index in [1.54, 1.807) is 0 Å². The molecule has 0 saturated carbocycles. The zero-order valence-electron chi connectivity index (χ0n) is 11.9. The molecule has 0 bridgehead atoms. The molecule has 0 spiro atoms. The van der Waals surface area contributed by atoms with Gasteiger partial charge in [-0.25, -0.2) is 0 Å². The van der Waals surface area contributed by atoms with Crippen LogP contribution in [0.4, 0.5) is 0 Å². The van der Waals surface area contributed by atoms with Crippen LogP contribution in [0, 0.1) is 5.92 Å². The van der Waals surface area contributed by atoms with Gasteiger partial charge in [0.2, 0.25) is 5.91 Å². The summed E-state index contributed by atoms with van der Waals surface area (Å²) >= 11 is 1.89. The Kier molecular flexibility index (Phi) is 10.8. The summed E-state index contributed by atoms with van der Waals surface area (Å²) < 4.78 is 0. The molecule has 2 unspecified atom stereocenters. The van der Waals surface area contributed by atoms with Gasteiger partial charge < -0.3 is 15.7 Å². The number of aliphatic hydroxyl groups excluding tert-OH is 1. The maximum atomic E-state index is 11.7. The maximum absolute atomic E-state index is 11.7. The Morgan fingerprint density at radius 1 is 1.47 bits per heavy atom. The molecular formula is C13H27ClN2O2S. The zero-order chi connectivity index (χ0) is 13.4. The average molecular weight is 311 g/mol. The van der Waals surface area contributed by atoms with Crippen molar-refractivity contribution >= 4 is 30.1 Å².